The van der Waals surface area contributed by atoms with E-state index in [1.807, 2.05) is 30.3 Å². The van der Waals surface area contributed by atoms with Gasteiger partial charge in [0.1, 0.15) is 5.82 Å². The molecular weight excluding hydrogens is 308 g/mol. The van der Waals surface area contributed by atoms with Crippen LogP contribution in [0.1, 0.15) is 25.7 Å². The van der Waals surface area contributed by atoms with E-state index >= 15 is 0 Å². The van der Waals surface area contributed by atoms with Gasteiger partial charge < -0.3 is 4.57 Å². The van der Waals surface area contributed by atoms with E-state index in [1.54, 1.807) is 24.3 Å². The summed E-state index contributed by atoms with van der Waals surface area (Å²) in [6, 6.07) is 16.7. The highest BCUT2D eigenvalue weighted by Crippen LogP contribution is 2.22. The summed E-state index contributed by atoms with van der Waals surface area (Å²) in [5.74, 6) is 0.883. The fourth-order valence-electron chi connectivity index (χ4n) is 2.82. The first-order chi connectivity index (χ1) is 11.0. The molecule has 0 spiro atoms. The molecule has 3 rings (SSSR count). The van der Waals surface area contributed by atoms with E-state index in [0.29, 0.717) is 11.3 Å². The minimum atomic E-state index is -3.29. The topological polar surface area (TPSA) is 52.0 Å². The van der Waals surface area contributed by atoms with Crippen molar-refractivity contribution in [3.63, 3.8) is 0 Å². The monoisotopic (exact) mass is 328 g/mol. The standard InChI is InChI=1S/C18H20N2O2S/c1-14(2)20-17-11-7-6-10-16(17)19-18(20)12-13-23(21,22)15-8-4-3-5-9-15/h3-11,14H,12-13H2,1-2H3. The Morgan fingerprint density at radius 2 is 1.65 bits per heavy atom. The lowest BCUT2D eigenvalue weighted by Crippen LogP contribution is -2.13. The highest BCUT2D eigenvalue weighted by Gasteiger charge is 2.18. The molecule has 0 bridgehead atoms. The molecule has 0 unspecified atom stereocenters. The summed E-state index contributed by atoms with van der Waals surface area (Å²) >= 11 is 0. The Labute approximate surface area is 136 Å². The first kappa shape index (κ1) is 15.7. The lowest BCUT2D eigenvalue weighted by molar-refractivity contribution is 0.577. The molecule has 5 heteroatoms. The van der Waals surface area contributed by atoms with Crippen molar-refractivity contribution in [1.29, 1.82) is 0 Å². The van der Waals surface area contributed by atoms with Crippen LogP contribution in [0.15, 0.2) is 59.5 Å². The fourth-order valence-corrected chi connectivity index (χ4v) is 4.08. The van der Waals surface area contributed by atoms with Crippen LogP contribution in [0.5, 0.6) is 0 Å². The van der Waals surface area contributed by atoms with E-state index < -0.39 is 9.84 Å². The Balaban J connectivity index is 1.92. The lowest BCUT2D eigenvalue weighted by Gasteiger charge is -2.13. The van der Waals surface area contributed by atoms with Gasteiger partial charge in [-0.25, -0.2) is 13.4 Å². The molecule has 0 amide bonds. The van der Waals surface area contributed by atoms with Gasteiger partial charge in [-0.05, 0) is 38.1 Å². The summed E-state index contributed by atoms with van der Waals surface area (Å²) in [5, 5.41) is 0. The van der Waals surface area contributed by atoms with Crippen molar-refractivity contribution in [2.45, 2.75) is 31.2 Å². The number of hydrogen-bond acceptors (Lipinski definition) is 3. The molecule has 120 valence electrons. The van der Waals surface area contributed by atoms with Gasteiger partial charge in [0, 0.05) is 12.5 Å². The van der Waals surface area contributed by atoms with Crippen LogP contribution in [-0.2, 0) is 16.3 Å². The number of aryl methyl sites for hydroxylation is 1. The van der Waals surface area contributed by atoms with Crippen LogP contribution in [0, 0.1) is 0 Å². The quantitative estimate of drug-likeness (QED) is 0.718. The van der Waals surface area contributed by atoms with E-state index in [-0.39, 0.29) is 11.8 Å². The fraction of sp³-hybridized carbons (Fsp3) is 0.278. The van der Waals surface area contributed by atoms with Crippen LogP contribution in [0.3, 0.4) is 0 Å². The van der Waals surface area contributed by atoms with Crippen molar-refractivity contribution in [3.05, 3.63) is 60.4 Å². The number of aromatic nitrogens is 2. The SMILES string of the molecule is CC(C)n1c(CCS(=O)(=O)c2ccccc2)nc2ccccc21. The molecule has 2 aromatic carbocycles. The summed E-state index contributed by atoms with van der Waals surface area (Å²) in [6.45, 7) is 4.17. The molecule has 0 radical (unpaired) electrons. The molecule has 23 heavy (non-hydrogen) atoms. The number of benzene rings is 2. The van der Waals surface area contributed by atoms with Crippen LogP contribution >= 0.6 is 0 Å². The van der Waals surface area contributed by atoms with E-state index in [9.17, 15) is 8.42 Å². The first-order valence-corrected chi connectivity index (χ1v) is 9.38. The molecule has 0 aliphatic rings. The Bertz CT molecular complexity index is 913. The van der Waals surface area contributed by atoms with Crippen LogP contribution in [0.2, 0.25) is 0 Å². The normalized spacial score (nSPS) is 12.1. The molecule has 4 nitrogen and oxygen atoms in total. The Morgan fingerprint density at radius 3 is 2.35 bits per heavy atom. The van der Waals surface area contributed by atoms with Crippen molar-refractivity contribution in [1.82, 2.24) is 9.55 Å². The van der Waals surface area contributed by atoms with Gasteiger partial charge in [-0.2, -0.15) is 0 Å². The third kappa shape index (κ3) is 3.15. The van der Waals surface area contributed by atoms with Gasteiger partial charge in [0.2, 0.25) is 0 Å². The zero-order chi connectivity index (χ0) is 16.4. The van der Waals surface area contributed by atoms with Gasteiger partial charge in [-0.1, -0.05) is 30.3 Å². The summed E-state index contributed by atoms with van der Waals surface area (Å²) in [4.78, 5) is 5.00. The summed E-state index contributed by atoms with van der Waals surface area (Å²) < 4.78 is 27.1. The van der Waals surface area contributed by atoms with Gasteiger partial charge in [0.05, 0.1) is 21.7 Å². The average Bonchev–Trinajstić information content (AvgIpc) is 2.92. The molecule has 0 fully saturated rings. The van der Waals surface area contributed by atoms with Crippen LogP contribution < -0.4 is 0 Å². The zero-order valence-corrected chi connectivity index (χ0v) is 14.1. The molecule has 1 heterocycles. The number of sulfone groups is 1. The van der Waals surface area contributed by atoms with Gasteiger partial charge >= 0.3 is 0 Å². The summed E-state index contributed by atoms with van der Waals surface area (Å²) in [6.07, 6.45) is 0.407. The van der Waals surface area contributed by atoms with Crippen LogP contribution in [0.25, 0.3) is 11.0 Å². The number of fused-ring (bicyclic) bond motifs is 1. The van der Waals surface area contributed by atoms with E-state index in [4.69, 9.17) is 0 Å². The molecule has 0 atom stereocenters. The maximum Gasteiger partial charge on any atom is 0.178 e. The van der Waals surface area contributed by atoms with Gasteiger partial charge in [-0.15, -0.1) is 0 Å². The Morgan fingerprint density at radius 1 is 1.00 bits per heavy atom. The largest absolute Gasteiger partial charge is 0.325 e. The van der Waals surface area contributed by atoms with E-state index in [1.165, 1.54) is 0 Å². The molecule has 0 saturated carbocycles. The second-order valence-corrected chi connectivity index (χ2v) is 7.97. The number of imidazole rings is 1. The van der Waals surface area contributed by atoms with Crippen LogP contribution in [-0.4, -0.2) is 23.7 Å². The first-order valence-electron chi connectivity index (χ1n) is 7.73. The number of para-hydroxylation sites is 2. The number of hydrogen-bond donors (Lipinski definition) is 0. The van der Waals surface area contributed by atoms with Crippen LogP contribution in [0.4, 0.5) is 0 Å². The van der Waals surface area contributed by atoms with E-state index in [2.05, 4.69) is 23.4 Å². The maximum atomic E-state index is 12.5. The second kappa shape index (κ2) is 6.16. The third-order valence-electron chi connectivity index (χ3n) is 3.88. The number of rotatable bonds is 5. The summed E-state index contributed by atoms with van der Waals surface area (Å²) in [7, 11) is -3.29. The molecule has 0 saturated heterocycles. The van der Waals surface area contributed by atoms with Crippen molar-refractivity contribution in [2.24, 2.45) is 0 Å². The molecular formula is C18H20N2O2S. The molecule has 0 aliphatic carbocycles. The van der Waals surface area contributed by atoms with Crippen molar-refractivity contribution >= 4 is 20.9 Å². The predicted octanol–water partition coefficient (Wildman–Crippen LogP) is 3.63. The molecule has 3 aromatic rings. The average molecular weight is 328 g/mol. The van der Waals surface area contributed by atoms with Gasteiger partial charge in [-0.3, -0.25) is 0 Å². The molecule has 0 N–H and O–H groups in total. The molecule has 0 aliphatic heterocycles. The van der Waals surface area contributed by atoms with Crippen molar-refractivity contribution in [3.8, 4) is 0 Å². The van der Waals surface area contributed by atoms with E-state index in [0.717, 1.165) is 16.9 Å². The Hall–Kier alpha value is -2.14. The predicted molar refractivity (Wildman–Crippen MR) is 92.3 cm³/mol. The smallest absolute Gasteiger partial charge is 0.178 e. The Kier molecular flexibility index (Phi) is 4.22. The van der Waals surface area contributed by atoms with Gasteiger partial charge in [0.15, 0.2) is 9.84 Å². The summed E-state index contributed by atoms with van der Waals surface area (Å²) in [5.41, 5.74) is 1.96. The lowest BCUT2D eigenvalue weighted by atomic mass is 10.3. The zero-order valence-electron chi connectivity index (χ0n) is 13.3. The highest BCUT2D eigenvalue weighted by molar-refractivity contribution is 7.91. The maximum absolute atomic E-state index is 12.5. The minimum absolute atomic E-state index is 0.0626. The van der Waals surface area contributed by atoms with Crippen molar-refractivity contribution < 1.29 is 8.42 Å². The molecule has 1 aromatic heterocycles. The van der Waals surface area contributed by atoms with Gasteiger partial charge in [0.25, 0.3) is 0 Å². The van der Waals surface area contributed by atoms with Crippen molar-refractivity contribution in [2.75, 3.05) is 5.75 Å². The number of nitrogens with zero attached hydrogens (tertiary/aromatic N) is 2. The minimum Gasteiger partial charge on any atom is -0.325 e. The highest BCUT2D eigenvalue weighted by atomic mass is 32.2. The second-order valence-electron chi connectivity index (χ2n) is 5.86. The third-order valence-corrected chi connectivity index (χ3v) is 5.61.